The Kier molecular flexibility index (Phi) is 6.67. The largest absolute Gasteiger partial charge is 0.324 e. The fourth-order valence-corrected chi connectivity index (χ4v) is 4.37. The van der Waals surface area contributed by atoms with Crippen LogP contribution in [0.4, 0.5) is 11.4 Å². The number of carbonyl (C=O) groups is 1. The number of rotatable bonds is 6. The molecule has 0 fully saturated rings. The molecule has 0 saturated heterocycles. The van der Waals surface area contributed by atoms with Gasteiger partial charge < -0.3 is 5.32 Å². The Morgan fingerprint density at radius 2 is 1.85 bits per heavy atom. The number of halogens is 1. The lowest BCUT2D eigenvalue weighted by molar-refractivity contribution is -0.384. The van der Waals surface area contributed by atoms with Crippen LogP contribution in [0, 0.1) is 17.0 Å². The van der Waals surface area contributed by atoms with Crippen molar-refractivity contribution in [2.24, 2.45) is 0 Å². The molecular weight excluding hydrogens is 476 g/mol. The fourth-order valence-electron chi connectivity index (χ4n) is 3.28. The molecule has 34 heavy (non-hydrogen) atoms. The summed E-state index contributed by atoms with van der Waals surface area (Å²) in [5.74, 6) is -0.440. The number of para-hydroxylation sites is 1. The first-order valence-electron chi connectivity index (χ1n) is 10.2. The van der Waals surface area contributed by atoms with E-state index in [-0.39, 0.29) is 22.0 Å². The minimum absolute atomic E-state index is 0.135. The van der Waals surface area contributed by atoms with Crippen LogP contribution in [-0.2, 0) is 4.79 Å². The Bertz CT molecular complexity index is 1470. The smallest absolute Gasteiger partial charge is 0.271 e. The fraction of sp³-hybridized carbons (Fsp3) is 0.125. The summed E-state index contributed by atoms with van der Waals surface area (Å²) in [5.41, 5.74) is 1.89. The quantitative estimate of drug-likeness (QED) is 0.167. The maximum atomic E-state index is 13.4. The predicted octanol–water partition coefficient (Wildman–Crippen LogP) is 5.38. The summed E-state index contributed by atoms with van der Waals surface area (Å²) in [6.07, 6.45) is 0. The molecule has 1 atom stereocenters. The highest BCUT2D eigenvalue weighted by atomic mass is 35.5. The number of hydrogen-bond donors (Lipinski definition) is 1. The highest BCUT2D eigenvalue weighted by Crippen LogP contribution is 2.29. The van der Waals surface area contributed by atoms with Crippen LogP contribution in [-0.4, -0.2) is 25.6 Å². The number of amides is 1. The van der Waals surface area contributed by atoms with Gasteiger partial charge in [0, 0.05) is 12.1 Å². The number of aryl methyl sites for hydroxylation is 1. The SMILES string of the molecule is Cc1ccc(-n2c(SC(C)C(=O)Nc3cc([N+](=O)[O-])ccc3Cl)nc3ccccc3c2=O)cc1. The number of nitrogens with one attached hydrogen (secondary N) is 1. The molecule has 172 valence electrons. The molecule has 10 heteroatoms. The minimum atomic E-state index is -0.694. The molecule has 1 heterocycles. The second kappa shape index (κ2) is 9.66. The summed E-state index contributed by atoms with van der Waals surface area (Å²) >= 11 is 7.22. The Labute approximate surface area is 203 Å². The molecule has 0 saturated carbocycles. The highest BCUT2D eigenvalue weighted by Gasteiger charge is 2.22. The van der Waals surface area contributed by atoms with Crippen molar-refractivity contribution < 1.29 is 9.72 Å². The number of nitro groups is 1. The molecule has 0 aliphatic rings. The zero-order chi connectivity index (χ0) is 24.4. The molecule has 1 unspecified atom stereocenters. The monoisotopic (exact) mass is 494 g/mol. The van der Waals surface area contributed by atoms with Gasteiger partial charge in [-0.1, -0.05) is 53.2 Å². The van der Waals surface area contributed by atoms with E-state index < -0.39 is 16.1 Å². The van der Waals surface area contributed by atoms with Crippen LogP contribution in [0.15, 0.2) is 76.7 Å². The number of non-ortho nitro benzene ring substituents is 1. The molecule has 3 aromatic carbocycles. The Balaban J connectivity index is 1.70. The summed E-state index contributed by atoms with van der Waals surface area (Å²) < 4.78 is 1.48. The van der Waals surface area contributed by atoms with Gasteiger partial charge in [0.15, 0.2) is 5.16 Å². The number of fused-ring (bicyclic) bond motifs is 1. The predicted molar refractivity (Wildman–Crippen MR) is 134 cm³/mol. The third-order valence-electron chi connectivity index (χ3n) is 5.11. The van der Waals surface area contributed by atoms with Crippen LogP contribution < -0.4 is 10.9 Å². The Morgan fingerprint density at radius 3 is 2.56 bits per heavy atom. The van der Waals surface area contributed by atoms with Crippen LogP contribution in [0.1, 0.15) is 12.5 Å². The standard InChI is InChI=1S/C24H19ClN4O4S/c1-14-7-9-16(10-8-14)28-23(31)18-5-3-4-6-20(18)27-24(28)34-15(2)22(30)26-21-13-17(29(32)33)11-12-19(21)25/h3-13,15H,1-2H3,(H,26,30). The van der Waals surface area contributed by atoms with E-state index in [4.69, 9.17) is 11.6 Å². The first-order chi connectivity index (χ1) is 16.2. The zero-order valence-corrected chi connectivity index (χ0v) is 19.8. The van der Waals surface area contributed by atoms with Crippen molar-refractivity contribution in [3.05, 3.63) is 97.8 Å². The molecule has 1 amide bonds. The van der Waals surface area contributed by atoms with Gasteiger partial charge in [-0.05, 0) is 44.2 Å². The van der Waals surface area contributed by atoms with Crippen LogP contribution >= 0.6 is 23.4 Å². The summed E-state index contributed by atoms with van der Waals surface area (Å²) in [7, 11) is 0. The Hall–Kier alpha value is -3.69. The average molecular weight is 495 g/mol. The van der Waals surface area contributed by atoms with Crippen molar-refractivity contribution >= 4 is 51.5 Å². The molecule has 0 aliphatic carbocycles. The topological polar surface area (TPSA) is 107 Å². The maximum Gasteiger partial charge on any atom is 0.271 e. The number of anilines is 1. The first-order valence-corrected chi connectivity index (χ1v) is 11.5. The van der Waals surface area contributed by atoms with Gasteiger partial charge in [-0.15, -0.1) is 0 Å². The van der Waals surface area contributed by atoms with E-state index in [1.807, 2.05) is 31.2 Å². The zero-order valence-electron chi connectivity index (χ0n) is 18.2. The number of carbonyl (C=O) groups excluding carboxylic acids is 1. The first kappa shape index (κ1) is 23.5. The van der Waals surface area contributed by atoms with Crippen molar-refractivity contribution in [1.82, 2.24) is 9.55 Å². The number of nitro benzene ring substituents is 1. The lowest BCUT2D eigenvalue weighted by atomic mass is 10.2. The summed E-state index contributed by atoms with van der Waals surface area (Å²) in [5, 5.41) is 14.0. The van der Waals surface area contributed by atoms with E-state index in [1.165, 1.54) is 22.8 Å². The van der Waals surface area contributed by atoms with Gasteiger partial charge >= 0.3 is 0 Å². The van der Waals surface area contributed by atoms with Crippen molar-refractivity contribution in [2.75, 3.05) is 5.32 Å². The molecule has 1 aromatic heterocycles. The number of thioether (sulfide) groups is 1. The average Bonchev–Trinajstić information content (AvgIpc) is 2.81. The minimum Gasteiger partial charge on any atom is -0.324 e. The van der Waals surface area contributed by atoms with Crippen molar-refractivity contribution in [2.45, 2.75) is 24.3 Å². The Morgan fingerprint density at radius 1 is 1.15 bits per heavy atom. The van der Waals surface area contributed by atoms with Gasteiger partial charge in [-0.25, -0.2) is 4.98 Å². The number of aromatic nitrogens is 2. The van der Waals surface area contributed by atoms with Crippen molar-refractivity contribution in [3.8, 4) is 5.69 Å². The second-order valence-electron chi connectivity index (χ2n) is 7.56. The van der Waals surface area contributed by atoms with Gasteiger partial charge in [0.05, 0.1) is 37.5 Å². The number of hydrogen-bond acceptors (Lipinski definition) is 6. The lowest BCUT2D eigenvalue weighted by Crippen LogP contribution is -2.26. The molecular formula is C24H19ClN4O4S. The van der Waals surface area contributed by atoms with Crippen LogP contribution in [0.3, 0.4) is 0 Å². The van der Waals surface area contributed by atoms with E-state index in [0.29, 0.717) is 21.7 Å². The molecule has 0 spiro atoms. The summed E-state index contributed by atoms with van der Waals surface area (Å²) in [6.45, 7) is 3.61. The van der Waals surface area contributed by atoms with Gasteiger partial charge in [-0.3, -0.25) is 24.3 Å². The van der Waals surface area contributed by atoms with Gasteiger partial charge in [-0.2, -0.15) is 0 Å². The van der Waals surface area contributed by atoms with E-state index >= 15 is 0 Å². The van der Waals surface area contributed by atoms with E-state index in [1.54, 1.807) is 31.2 Å². The lowest BCUT2D eigenvalue weighted by Gasteiger charge is -2.17. The maximum absolute atomic E-state index is 13.4. The normalized spacial score (nSPS) is 11.9. The van der Waals surface area contributed by atoms with Gasteiger partial charge in [0.25, 0.3) is 11.2 Å². The molecule has 1 N–H and O–H groups in total. The highest BCUT2D eigenvalue weighted by molar-refractivity contribution is 8.00. The molecule has 0 aliphatic heterocycles. The molecule has 0 bridgehead atoms. The number of benzene rings is 3. The van der Waals surface area contributed by atoms with E-state index in [9.17, 15) is 19.7 Å². The van der Waals surface area contributed by atoms with Crippen molar-refractivity contribution in [1.29, 1.82) is 0 Å². The summed E-state index contributed by atoms with van der Waals surface area (Å²) in [6, 6.07) is 18.3. The van der Waals surface area contributed by atoms with E-state index in [0.717, 1.165) is 17.3 Å². The van der Waals surface area contributed by atoms with Gasteiger partial charge in [0.2, 0.25) is 5.91 Å². The third-order valence-corrected chi connectivity index (χ3v) is 6.49. The van der Waals surface area contributed by atoms with Crippen LogP contribution in [0.5, 0.6) is 0 Å². The number of nitrogens with zero attached hydrogens (tertiary/aromatic N) is 3. The molecule has 4 aromatic rings. The summed E-state index contributed by atoms with van der Waals surface area (Å²) in [4.78, 5) is 41.4. The molecule has 0 radical (unpaired) electrons. The van der Waals surface area contributed by atoms with Crippen LogP contribution in [0.25, 0.3) is 16.6 Å². The van der Waals surface area contributed by atoms with E-state index in [2.05, 4.69) is 10.3 Å². The second-order valence-corrected chi connectivity index (χ2v) is 9.27. The molecule has 4 rings (SSSR count). The van der Waals surface area contributed by atoms with Crippen molar-refractivity contribution in [3.63, 3.8) is 0 Å². The van der Waals surface area contributed by atoms with Gasteiger partial charge in [0.1, 0.15) is 0 Å². The molecule has 8 nitrogen and oxygen atoms in total. The third kappa shape index (κ3) is 4.80. The van der Waals surface area contributed by atoms with Crippen LogP contribution in [0.2, 0.25) is 5.02 Å².